The molecule has 0 saturated carbocycles. The maximum atomic E-state index is 12.4. The molecule has 3 nitrogen and oxygen atoms in total. The monoisotopic (exact) mass is 403 g/mol. The summed E-state index contributed by atoms with van der Waals surface area (Å²) in [7, 11) is 0. The van der Waals surface area contributed by atoms with Crippen molar-refractivity contribution >= 4 is 29.1 Å². The van der Waals surface area contributed by atoms with Crippen LogP contribution in [0.15, 0.2) is 54.1 Å². The van der Waals surface area contributed by atoms with Crippen molar-refractivity contribution in [3.05, 3.63) is 75.3 Å². The summed E-state index contributed by atoms with van der Waals surface area (Å²) in [6.45, 7) is 1.02. The van der Waals surface area contributed by atoms with Gasteiger partial charge in [-0.2, -0.15) is 0 Å². The van der Waals surface area contributed by atoms with Crippen molar-refractivity contribution in [1.82, 2.24) is 5.32 Å². The van der Waals surface area contributed by atoms with Gasteiger partial charge in [-0.1, -0.05) is 47.0 Å². The molecule has 5 heteroatoms. The standard InChI is InChI=1S/C22H23Cl2NO2/c23-20-10-9-17(13-21(20)24)15-27-19-8-4-7-18(14-19)22(26)25-12-11-16-5-2-1-3-6-16/h4-5,7-10,13-14H,1-3,6,11-12,15H2,(H,25,26). The van der Waals surface area contributed by atoms with Gasteiger partial charge in [-0.25, -0.2) is 0 Å². The van der Waals surface area contributed by atoms with Crippen LogP contribution in [0.25, 0.3) is 0 Å². The first-order valence-electron chi connectivity index (χ1n) is 9.25. The maximum absolute atomic E-state index is 12.4. The van der Waals surface area contributed by atoms with Gasteiger partial charge < -0.3 is 10.1 Å². The number of carbonyl (C=O) groups is 1. The summed E-state index contributed by atoms with van der Waals surface area (Å²) in [6.07, 6.45) is 8.12. The number of rotatable bonds is 7. The van der Waals surface area contributed by atoms with Crippen molar-refractivity contribution in [2.75, 3.05) is 6.54 Å². The molecule has 0 heterocycles. The lowest BCUT2D eigenvalue weighted by Crippen LogP contribution is -2.24. The van der Waals surface area contributed by atoms with Crippen LogP contribution in [0.3, 0.4) is 0 Å². The SMILES string of the molecule is O=C(NCCC1=CCCCC1)c1cccc(OCc2ccc(Cl)c(Cl)c2)c1. The van der Waals surface area contributed by atoms with E-state index in [-0.39, 0.29) is 5.91 Å². The molecule has 1 N–H and O–H groups in total. The number of hydrogen-bond donors (Lipinski definition) is 1. The van der Waals surface area contributed by atoms with Gasteiger partial charge in [0.2, 0.25) is 0 Å². The molecule has 0 unspecified atom stereocenters. The molecule has 0 spiro atoms. The third kappa shape index (κ3) is 6.02. The number of hydrogen-bond acceptors (Lipinski definition) is 2. The van der Waals surface area contributed by atoms with E-state index in [2.05, 4.69) is 11.4 Å². The molecule has 0 aromatic heterocycles. The Bertz CT molecular complexity index is 833. The highest BCUT2D eigenvalue weighted by Gasteiger charge is 2.08. The van der Waals surface area contributed by atoms with Gasteiger partial charge in [0.05, 0.1) is 10.0 Å². The van der Waals surface area contributed by atoms with Crippen LogP contribution in [-0.2, 0) is 6.61 Å². The minimum atomic E-state index is -0.0774. The summed E-state index contributed by atoms with van der Waals surface area (Å²) in [5, 5.41) is 4.01. The lowest BCUT2D eigenvalue weighted by molar-refractivity contribution is 0.0953. The maximum Gasteiger partial charge on any atom is 0.251 e. The molecule has 27 heavy (non-hydrogen) atoms. The van der Waals surface area contributed by atoms with E-state index in [4.69, 9.17) is 27.9 Å². The molecule has 1 amide bonds. The van der Waals surface area contributed by atoms with Gasteiger partial charge in [0.1, 0.15) is 12.4 Å². The number of benzene rings is 2. The smallest absolute Gasteiger partial charge is 0.251 e. The van der Waals surface area contributed by atoms with Gasteiger partial charge in [-0.3, -0.25) is 4.79 Å². The van der Waals surface area contributed by atoms with Crippen LogP contribution in [0.5, 0.6) is 5.75 Å². The van der Waals surface area contributed by atoms with Gasteiger partial charge in [0.15, 0.2) is 0 Å². The molecule has 2 aromatic carbocycles. The number of halogens is 2. The zero-order valence-electron chi connectivity index (χ0n) is 15.1. The first kappa shape index (κ1) is 19.8. The van der Waals surface area contributed by atoms with E-state index < -0.39 is 0 Å². The van der Waals surface area contributed by atoms with E-state index in [1.807, 2.05) is 18.2 Å². The Morgan fingerprint density at radius 1 is 1.07 bits per heavy atom. The van der Waals surface area contributed by atoms with E-state index in [1.165, 1.54) is 24.8 Å². The van der Waals surface area contributed by atoms with Crippen LogP contribution >= 0.6 is 23.2 Å². The Morgan fingerprint density at radius 2 is 1.96 bits per heavy atom. The fourth-order valence-corrected chi connectivity index (χ4v) is 3.41. The molecule has 0 atom stereocenters. The number of nitrogens with one attached hydrogen (secondary N) is 1. The van der Waals surface area contributed by atoms with E-state index in [0.29, 0.717) is 34.5 Å². The lowest BCUT2D eigenvalue weighted by atomic mass is 9.97. The van der Waals surface area contributed by atoms with E-state index in [1.54, 1.807) is 24.3 Å². The Morgan fingerprint density at radius 3 is 2.74 bits per heavy atom. The Labute approximate surface area is 170 Å². The number of carbonyl (C=O) groups excluding carboxylic acids is 1. The highest BCUT2D eigenvalue weighted by atomic mass is 35.5. The second-order valence-electron chi connectivity index (χ2n) is 6.68. The molecule has 0 radical (unpaired) electrons. The number of ether oxygens (including phenoxy) is 1. The van der Waals surface area contributed by atoms with E-state index in [0.717, 1.165) is 18.4 Å². The van der Waals surface area contributed by atoms with Gasteiger partial charge in [-0.05, 0) is 68.0 Å². The van der Waals surface area contributed by atoms with Crippen molar-refractivity contribution in [2.24, 2.45) is 0 Å². The molecule has 142 valence electrons. The van der Waals surface area contributed by atoms with Crippen LogP contribution in [-0.4, -0.2) is 12.5 Å². The first-order chi connectivity index (χ1) is 13.1. The topological polar surface area (TPSA) is 38.3 Å². The van der Waals surface area contributed by atoms with Crippen LogP contribution < -0.4 is 10.1 Å². The molecular formula is C22H23Cl2NO2. The molecule has 2 aromatic rings. The highest BCUT2D eigenvalue weighted by Crippen LogP contribution is 2.24. The third-order valence-corrected chi connectivity index (χ3v) is 5.34. The molecule has 1 aliphatic rings. The fourth-order valence-electron chi connectivity index (χ4n) is 3.09. The van der Waals surface area contributed by atoms with Crippen molar-refractivity contribution < 1.29 is 9.53 Å². The molecular weight excluding hydrogens is 381 g/mol. The average molecular weight is 404 g/mol. The molecule has 1 aliphatic carbocycles. The highest BCUT2D eigenvalue weighted by molar-refractivity contribution is 6.42. The predicted molar refractivity (Wildman–Crippen MR) is 111 cm³/mol. The molecule has 0 bridgehead atoms. The van der Waals surface area contributed by atoms with Crippen LogP contribution in [0, 0.1) is 0 Å². The summed E-state index contributed by atoms with van der Waals surface area (Å²) < 4.78 is 5.79. The largest absolute Gasteiger partial charge is 0.489 e. The van der Waals surface area contributed by atoms with Crippen LogP contribution in [0.1, 0.15) is 48.0 Å². The predicted octanol–water partition coefficient (Wildman–Crippen LogP) is 6.19. The van der Waals surface area contributed by atoms with Gasteiger partial charge >= 0.3 is 0 Å². The summed E-state index contributed by atoms with van der Waals surface area (Å²) in [5.41, 5.74) is 2.97. The Hall–Kier alpha value is -1.97. The Kier molecular flexibility index (Phi) is 7.19. The fraction of sp³-hybridized carbons (Fsp3) is 0.318. The Balaban J connectivity index is 1.52. The molecule has 3 rings (SSSR count). The lowest BCUT2D eigenvalue weighted by Gasteiger charge is -2.13. The zero-order valence-corrected chi connectivity index (χ0v) is 16.7. The number of amides is 1. The van der Waals surface area contributed by atoms with E-state index in [9.17, 15) is 4.79 Å². The summed E-state index contributed by atoms with van der Waals surface area (Å²) in [6, 6.07) is 12.6. The van der Waals surface area contributed by atoms with Crippen LogP contribution in [0.2, 0.25) is 10.0 Å². The second kappa shape index (κ2) is 9.82. The van der Waals surface area contributed by atoms with Crippen molar-refractivity contribution in [2.45, 2.75) is 38.7 Å². The van der Waals surface area contributed by atoms with Crippen molar-refractivity contribution in [3.63, 3.8) is 0 Å². The minimum Gasteiger partial charge on any atom is -0.489 e. The quantitative estimate of drug-likeness (QED) is 0.559. The molecule has 0 fully saturated rings. The van der Waals surface area contributed by atoms with Gasteiger partial charge in [0.25, 0.3) is 5.91 Å². The summed E-state index contributed by atoms with van der Waals surface area (Å²) >= 11 is 11.9. The second-order valence-corrected chi connectivity index (χ2v) is 7.49. The van der Waals surface area contributed by atoms with Gasteiger partial charge in [-0.15, -0.1) is 0 Å². The summed E-state index contributed by atoms with van der Waals surface area (Å²) in [4.78, 5) is 12.4. The summed E-state index contributed by atoms with van der Waals surface area (Å²) in [5.74, 6) is 0.565. The normalized spacial score (nSPS) is 13.8. The molecule has 0 saturated heterocycles. The zero-order chi connectivity index (χ0) is 19.1. The average Bonchev–Trinajstić information content (AvgIpc) is 2.70. The van der Waals surface area contributed by atoms with Crippen LogP contribution in [0.4, 0.5) is 0 Å². The molecule has 0 aliphatic heterocycles. The van der Waals surface area contributed by atoms with Crippen molar-refractivity contribution in [3.8, 4) is 5.75 Å². The van der Waals surface area contributed by atoms with Gasteiger partial charge in [0, 0.05) is 12.1 Å². The van der Waals surface area contributed by atoms with E-state index >= 15 is 0 Å². The minimum absolute atomic E-state index is 0.0774. The third-order valence-electron chi connectivity index (χ3n) is 4.60. The number of allylic oxidation sites excluding steroid dienone is 1. The van der Waals surface area contributed by atoms with Crippen molar-refractivity contribution in [1.29, 1.82) is 0 Å². The first-order valence-corrected chi connectivity index (χ1v) is 10.0.